The molecule has 1 heterocycles. The van der Waals surface area contributed by atoms with Crippen LogP contribution < -0.4 is 5.63 Å². The Morgan fingerprint density at radius 3 is 2.75 bits per heavy atom. The number of benzene rings is 2. The van der Waals surface area contributed by atoms with E-state index in [9.17, 15) is 4.79 Å². The van der Waals surface area contributed by atoms with Gasteiger partial charge in [0.25, 0.3) is 0 Å². The van der Waals surface area contributed by atoms with E-state index in [0.29, 0.717) is 16.8 Å². The highest BCUT2D eigenvalue weighted by Gasteiger charge is 2.06. The van der Waals surface area contributed by atoms with Gasteiger partial charge >= 0.3 is 5.63 Å². The van der Waals surface area contributed by atoms with E-state index in [0.717, 1.165) is 10.8 Å². The Labute approximate surface area is 91.3 Å². The molecule has 3 aromatic rings. The molecule has 0 fully saturated rings. The maximum atomic E-state index is 11.6. The minimum absolute atomic E-state index is 0.326. The lowest BCUT2D eigenvalue weighted by Gasteiger charge is -2.01. The first-order valence-electron chi connectivity index (χ1n) is 5.05. The predicted molar refractivity (Wildman–Crippen MR) is 62.5 cm³/mol. The molecule has 78 valence electrons. The second-order valence-electron chi connectivity index (χ2n) is 3.70. The van der Waals surface area contributed by atoms with Crippen LogP contribution in [0.25, 0.3) is 21.7 Å². The van der Waals surface area contributed by atoms with Gasteiger partial charge in [-0.15, -0.1) is 0 Å². The SMILES string of the molecule is Cc1nc2c(ccc3ccccc32)c(=O)o1. The maximum absolute atomic E-state index is 11.6. The molecule has 1 aromatic heterocycles. The third-order valence-corrected chi connectivity index (χ3v) is 2.63. The van der Waals surface area contributed by atoms with Gasteiger partial charge in [-0.3, -0.25) is 0 Å². The molecule has 0 spiro atoms. The average Bonchev–Trinajstić information content (AvgIpc) is 2.28. The van der Waals surface area contributed by atoms with E-state index in [1.165, 1.54) is 0 Å². The monoisotopic (exact) mass is 211 g/mol. The molecule has 0 atom stereocenters. The summed E-state index contributed by atoms with van der Waals surface area (Å²) < 4.78 is 4.97. The van der Waals surface area contributed by atoms with Crippen molar-refractivity contribution in [1.29, 1.82) is 0 Å². The van der Waals surface area contributed by atoms with Gasteiger partial charge in [-0.05, 0) is 11.5 Å². The zero-order valence-corrected chi connectivity index (χ0v) is 8.73. The number of rotatable bonds is 0. The Morgan fingerprint density at radius 2 is 1.88 bits per heavy atom. The van der Waals surface area contributed by atoms with Gasteiger partial charge in [-0.25, -0.2) is 9.78 Å². The number of hydrogen-bond donors (Lipinski definition) is 0. The highest BCUT2D eigenvalue weighted by molar-refractivity contribution is 6.04. The summed E-state index contributed by atoms with van der Waals surface area (Å²) in [5.74, 6) is 0.397. The normalized spacial score (nSPS) is 11.1. The number of hydrogen-bond acceptors (Lipinski definition) is 3. The van der Waals surface area contributed by atoms with Crippen LogP contribution in [0.5, 0.6) is 0 Å². The van der Waals surface area contributed by atoms with Gasteiger partial charge in [0.2, 0.25) is 0 Å². The summed E-state index contributed by atoms with van der Waals surface area (Å²) in [4.78, 5) is 15.9. The lowest BCUT2D eigenvalue weighted by Crippen LogP contribution is -2.02. The number of aromatic nitrogens is 1. The lowest BCUT2D eigenvalue weighted by atomic mass is 10.1. The van der Waals surface area contributed by atoms with Crippen molar-refractivity contribution in [3.8, 4) is 0 Å². The van der Waals surface area contributed by atoms with Crippen LogP contribution in [-0.2, 0) is 0 Å². The van der Waals surface area contributed by atoms with Gasteiger partial charge in [0.15, 0.2) is 5.89 Å². The van der Waals surface area contributed by atoms with Gasteiger partial charge in [0, 0.05) is 12.3 Å². The molecule has 0 unspecified atom stereocenters. The van der Waals surface area contributed by atoms with Crippen LogP contribution in [0.4, 0.5) is 0 Å². The van der Waals surface area contributed by atoms with E-state index in [2.05, 4.69) is 4.98 Å². The van der Waals surface area contributed by atoms with E-state index >= 15 is 0 Å². The van der Waals surface area contributed by atoms with Crippen LogP contribution >= 0.6 is 0 Å². The molecule has 0 aliphatic heterocycles. The fourth-order valence-electron chi connectivity index (χ4n) is 1.91. The standard InChI is InChI=1S/C13H9NO2/c1-8-14-12-10-5-3-2-4-9(10)6-7-11(12)13(15)16-8/h2-7H,1H3. The summed E-state index contributed by atoms with van der Waals surface area (Å²) in [6.45, 7) is 1.68. The maximum Gasteiger partial charge on any atom is 0.346 e. The first kappa shape index (κ1) is 9.09. The van der Waals surface area contributed by atoms with E-state index in [1.54, 1.807) is 13.0 Å². The molecule has 0 saturated heterocycles. The predicted octanol–water partition coefficient (Wildman–Crippen LogP) is 2.65. The average molecular weight is 211 g/mol. The number of nitrogens with zero attached hydrogens (tertiary/aromatic N) is 1. The quantitative estimate of drug-likeness (QED) is 0.537. The fourth-order valence-corrected chi connectivity index (χ4v) is 1.91. The molecular formula is C13H9NO2. The Kier molecular flexibility index (Phi) is 1.80. The van der Waals surface area contributed by atoms with Crippen LogP contribution in [0.2, 0.25) is 0 Å². The van der Waals surface area contributed by atoms with E-state index in [4.69, 9.17) is 4.42 Å². The van der Waals surface area contributed by atoms with Crippen molar-refractivity contribution < 1.29 is 4.42 Å². The summed E-state index contributed by atoms with van der Waals surface area (Å²) in [6, 6.07) is 11.5. The largest absolute Gasteiger partial charge is 0.408 e. The van der Waals surface area contributed by atoms with Crippen LogP contribution in [-0.4, -0.2) is 4.98 Å². The van der Waals surface area contributed by atoms with Gasteiger partial charge in [-0.1, -0.05) is 30.3 Å². The van der Waals surface area contributed by atoms with E-state index in [1.807, 2.05) is 30.3 Å². The van der Waals surface area contributed by atoms with Crippen molar-refractivity contribution in [3.63, 3.8) is 0 Å². The molecule has 0 N–H and O–H groups in total. The smallest absolute Gasteiger partial charge is 0.346 e. The zero-order chi connectivity index (χ0) is 11.1. The summed E-state index contributed by atoms with van der Waals surface area (Å²) in [6.07, 6.45) is 0. The Bertz CT molecular complexity index is 744. The first-order chi connectivity index (χ1) is 7.75. The van der Waals surface area contributed by atoms with Crippen LogP contribution in [0, 0.1) is 6.92 Å². The van der Waals surface area contributed by atoms with Crippen LogP contribution in [0.1, 0.15) is 5.89 Å². The summed E-state index contributed by atoms with van der Waals surface area (Å²) in [7, 11) is 0. The topological polar surface area (TPSA) is 43.1 Å². The minimum atomic E-state index is -0.326. The first-order valence-corrected chi connectivity index (χ1v) is 5.05. The summed E-state index contributed by atoms with van der Waals surface area (Å²) in [5, 5.41) is 2.59. The second kappa shape index (κ2) is 3.17. The second-order valence-corrected chi connectivity index (χ2v) is 3.70. The van der Waals surface area contributed by atoms with Crippen molar-refractivity contribution in [2.75, 3.05) is 0 Å². The van der Waals surface area contributed by atoms with E-state index < -0.39 is 0 Å². The Balaban J connectivity index is 2.65. The lowest BCUT2D eigenvalue weighted by molar-refractivity contribution is 0.467. The van der Waals surface area contributed by atoms with Crippen LogP contribution in [0.15, 0.2) is 45.6 Å². The van der Waals surface area contributed by atoms with E-state index in [-0.39, 0.29) is 5.63 Å². The summed E-state index contributed by atoms with van der Waals surface area (Å²) in [5.41, 5.74) is 0.389. The van der Waals surface area contributed by atoms with Crippen LogP contribution in [0.3, 0.4) is 0 Å². The number of aryl methyl sites for hydroxylation is 1. The molecule has 0 saturated carbocycles. The highest BCUT2D eigenvalue weighted by atomic mass is 16.4. The van der Waals surface area contributed by atoms with Crippen molar-refractivity contribution in [2.45, 2.75) is 6.92 Å². The van der Waals surface area contributed by atoms with Gasteiger partial charge in [-0.2, -0.15) is 0 Å². The molecule has 3 heteroatoms. The van der Waals surface area contributed by atoms with Gasteiger partial charge in [0.1, 0.15) is 0 Å². The number of fused-ring (bicyclic) bond motifs is 3. The van der Waals surface area contributed by atoms with Crippen molar-refractivity contribution in [2.24, 2.45) is 0 Å². The Morgan fingerprint density at radius 1 is 1.06 bits per heavy atom. The highest BCUT2D eigenvalue weighted by Crippen LogP contribution is 2.21. The molecule has 0 aliphatic rings. The third kappa shape index (κ3) is 1.21. The van der Waals surface area contributed by atoms with Gasteiger partial charge < -0.3 is 4.42 Å². The van der Waals surface area contributed by atoms with Crippen molar-refractivity contribution >= 4 is 21.7 Å². The molecule has 3 nitrogen and oxygen atoms in total. The molecular weight excluding hydrogens is 202 g/mol. The minimum Gasteiger partial charge on any atom is -0.408 e. The molecule has 16 heavy (non-hydrogen) atoms. The fraction of sp³-hybridized carbons (Fsp3) is 0.0769. The Hall–Kier alpha value is -2.16. The third-order valence-electron chi connectivity index (χ3n) is 2.63. The zero-order valence-electron chi connectivity index (χ0n) is 8.73. The summed E-state index contributed by atoms with van der Waals surface area (Å²) >= 11 is 0. The van der Waals surface area contributed by atoms with Crippen molar-refractivity contribution in [1.82, 2.24) is 4.98 Å². The van der Waals surface area contributed by atoms with Gasteiger partial charge in [0.05, 0.1) is 10.9 Å². The molecule has 3 rings (SSSR count). The molecule has 0 bridgehead atoms. The molecule has 0 aliphatic carbocycles. The molecule has 0 radical (unpaired) electrons. The van der Waals surface area contributed by atoms with Crippen molar-refractivity contribution in [3.05, 3.63) is 52.7 Å². The molecule has 0 amide bonds. The molecule has 2 aromatic carbocycles.